The van der Waals surface area contributed by atoms with Gasteiger partial charge in [0.25, 0.3) is 0 Å². The molecule has 11 heteroatoms. The Hall–Kier alpha value is -2.33. The maximum absolute atomic E-state index is 12.6. The van der Waals surface area contributed by atoms with E-state index in [4.69, 9.17) is 29.4 Å². The summed E-state index contributed by atoms with van der Waals surface area (Å²) < 4.78 is 33.4. The van der Waals surface area contributed by atoms with Crippen molar-refractivity contribution < 1.29 is 42.7 Å². The number of esters is 1. The van der Waals surface area contributed by atoms with Gasteiger partial charge in [0.15, 0.2) is 0 Å². The number of ether oxygens (including phenoxy) is 2. The molecule has 0 bridgehead atoms. The maximum Gasteiger partial charge on any atom is 0.472 e. The molecule has 0 aliphatic carbocycles. The fourth-order valence-electron chi connectivity index (χ4n) is 6.22. The quantitative estimate of drug-likeness (QED) is 0.0233. The first-order chi connectivity index (χ1) is 28.7. The molecule has 0 spiro atoms. The molecule has 0 saturated carbocycles. The molecule has 3 atom stereocenters. The number of unbranched alkanes of at least 4 members (excludes halogenated alkanes) is 20. The molecule has 0 fully saturated rings. The van der Waals surface area contributed by atoms with E-state index in [1.807, 2.05) is 0 Å². The molecule has 0 radical (unpaired) electrons. The van der Waals surface area contributed by atoms with Crippen molar-refractivity contribution in [3.8, 4) is 0 Å². The Morgan fingerprint density at radius 2 is 0.983 bits per heavy atom. The van der Waals surface area contributed by atoms with Crippen LogP contribution in [0.4, 0.5) is 0 Å². The van der Waals surface area contributed by atoms with Crippen molar-refractivity contribution in [3.63, 3.8) is 0 Å². The van der Waals surface area contributed by atoms with Crippen molar-refractivity contribution in [1.29, 1.82) is 0 Å². The molecule has 0 amide bonds. The van der Waals surface area contributed by atoms with Crippen LogP contribution in [0, 0.1) is 0 Å². The van der Waals surface area contributed by atoms with E-state index in [1.54, 1.807) is 0 Å². The van der Waals surface area contributed by atoms with Crippen molar-refractivity contribution >= 4 is 19.8 Å². The maximum atomic E-state index is 12.6. The highest BCUT2D eigenvalue weighted by atomic mass is 31.2. The van der Waals surface area contributed by atoms with Crippen LogP contribution in [0.25, 0.3) is 0 Å². The number of nitrogens with two attached hydrogens (primary N) is 1. The number of carbonyl (C=O) groups is 2. The Balaban J connectivity index is 4.22. The summed E-state index contributed by atoms with van der Waals surface area (Å²) in [4.78, 5) is 33.6. The predicted molar refractivity (Wildman–Crippen MR) is 244 cm³/mol. The van der Waals surface area contributed by atoms with Crippen molar-refractivity contribution in [2.75, 3.05) is 26.4 Å². The Morgan fingerprint density at radius 1 is 0.559 bits per heavy atom. The lowest BCUT2D eigenvalue weighted by Crippen LogP contribution is -2.34. The molecule has 342 valence electrons. The molecule has 0 aliphatic rings. The van der Waals surface area contributed by atoms with Gasteiger partial charge in [0, 0.05) is 13.0 Å². The highest BCUT2D eigenvalue weighted by Gasteiger charge is 2.27. The zero-order valence-corrected chi connectivity index (χ0v) is 38.2. The summed E-state index contributed by atoms with van der Waals surface area (Å²) in [6, 6.07) is -1.48. The highest BCUT2D eigenvalue weighted by molar-refractivity contribution is 7.47. The molecular formula is C48H86NO9P. The fraction of sp³-hybridized carbons (Fsp3) is 0.750. The van der Waals surface area contributed by atoms with Crippen LogP contribution in [0.2, 0.25) is 0 Å². The van der Waals surface area contributed by atoms with Crippen LogP contribution < -0.4 is 5.73 Å². The number of phosphoric acid groups is 1. The number of aliphatic carboxylic acids is 1. The molecule has 10 nitrogen and oxygen atoms in total. The number of hydrogen-bond donors (Lipinski definition) is 3. The van der Waals surface area contributed by atoms with E-state index in [0.29, 0.717) is 13.0 Å². The summed E-state index contributed by atoms with van der Waals surface area (Å²) in [7, 11) is -4.62. The lowest BCUT2D eigenvalue weighted by molar-refractivity contribution is -0.154. The van der Waals surface area contributed by atoms with E-state index >= 15 is 0 Å². The number of allylic oxidation sites excluding steroid dienone is 10. The summed E-state index contributed by atoms with van der Waals surface area (Å²) in [6.07, 6.45) is 52.7. The topological polar surface area (TPSA) is 155 Å². The molecule has 0 rings (SSSR count). The zero-order valence-electron chi connectivity index (χ0n) is 37.3. The second-order valence-corrected chi connectivity index (χ2v) is 17.0. The van der Waals surface area contributed by atoms with Crippen LogP contribution in [0.3, 0.4) is 0 Å². The Bertz CT molecular complexity index is 1170. The number of carbonyl (C=O) groups excluding carboxylic acids is 1. The third-order valence-corrected chi connectivity index (χ3v) is 10.8. The second-order valence-electron chi connectivity index (χ2n) is 15.5. The summed E-state index contributed by atoms with van der Waals surface area (Å²) >= 11 is 0. The van der Waals surface area contributed by atoms with E-state index in [0.717, 1.165) is 77.0 Å². The molecule has 4 N–H and O–H groups in total. The SMILES string of the molecule is CC/C=C\C/C=C\C/C=C\C/C=C\C/C=C\CCCCCCCCOCC(COP(=O)(O)OCC(N)C(=O)O)OC(=O)CCCCCCCCCCCCCCCCC. The van der Waals surface area contributed by atoms with Gasteiger partial charge in [-0.3, -0.25) is 18.6 Å². The smallest absolute Gasteiger partial charge is 0.472 e. The molecule has 0 aromatic heterocycles. The summed E-state index contributed by atoms with van der Waals surface area (Å²) in [5.41, 5.74) is 5.36. The van der Waals surface area contributed by atoms with Crippen LogP contribution >= 0.6 is 7.82 Å². The van der Waals surface area contributed by atoms with E-state index in [2.05, 4.69) is 74.6 Å². The van der Waals surface area contributed by atoms with Gasteiger partial charge >= 0.3 is 19.8 Å². The first-order valence-corrected chi connectivity index (χ1v) is 24.8. The van der Waals surface area contributed by atoms with E-state index in [-0.39, 0.29) is 13.0 Å². The molecule has 59 heavy (non-hydrogen) atoms. The van der Waals surface area contributed by atoms with Gasteiger partial charge < -0.3 is 25.2 Å². The third-order valence-electron chi connectivity index (χ3n) is 9.81. The van der Waals surface area contributed by atoms with Gasteiger partial charge in [-0.15, -0.1) is 0 Å². The van der Waals surface area contributed by atoms with Crippen molar-refractivity contribution in [3.05, 3.63) is 60.8 Å². The van der Waals surface area contributed by atoms with Crippen LogP contribution in [-0.2, 0) is 32.7 Å². The van der Waals surface area contributed by atoms with Crippen molar-refractivity contribution in [2.24, 2.45) is 5.73 Å². The number of rotatable bonds is 44. The minimum atomic E-state index is -4.62. The average Bonchev–Trinajstić information content (AvgIpc) is 3.21. The molecular weight excluding hydrogens is 765 g/mol. The van der Waals surface area contributed by atoms with Gasteiger partial charge in [-0.25, -0.2) is 4.57 Å². The van der Waals surface area contributed by atoms with Crippen LogP contribution in [0.1, 0.15) is 194 Å². The van der Waals surface area contributed by atoms with Crippen molar-refractivity contribution in [2.45, 2.75) is 206 Å². The number of carboxylic acid groups (broad SMARTS) is 1. The van der Waals surface area contributed by atoms with Crippen LogP contribution in [-0.4, -0.2) is 60.5 Å². The van der Waals surface area contributed by atoms with Gasteiger partial charge in [0.05, 0.1) is 19.8 Å². The molecule has 0 aromatic rings. The number of hydrogen-bond acceptors (Lipinski definition) is 8. The molecule has 0 heterocycles. The van der Waals surface area contributed by atoms with Gasteiger partial charge in [0.2, 0.25) is 0 Å². The molecule has 3 unspecified atom stereocenters. The first kappa shape index (κ1) is 56.7. The Kier molecular flexibility index (Phi) is 42.0. The van der Waals surface area contributed by atoms with Gasteiger partial charge in [-0.05, 0) is 57.8 Å². The summed E-state index contributed by atoms with van der Waals surface area (Å²) in [5.74, 6) is -1.78. The largest absolute Gasteiger partial charge is 0.480 e. The second kappa shape index (κ2) is 43.7. The number of carboxylic acids is 1. The molecule has 0 aromatic carbocycles. The molecule has 0 aliphatic heterocycles. The average molecular weight is 852 g/mol. The highest BCUT2D eigenvalue weighted by Crippen LogP contribution is 2.43. The lowest BCUT2D eigenvalue weighted by atomic mass is 10.0. The normalized spacial score (nSPS) is 14.4. The third kappa shape index (κ3) is 43.6. The Labute approximate surface area is 360 Å². The van der Waals surface area contributed by atoms with Crippen molar-refractivity contribution in [1.82, 2.24) is 0 Å². The minimum Gasteiger partial charge on any atom is -0.480 e. The Morgan fingerprint density at radius 3 is 1.47 bits per heavy atom. The predicted octanol–water partition coefficient (Wildman–Crippen LogP) is 13.2. The summed E-state index contributed by atoms with van der Waals surface area (Å²) in [6.45, 7) is 3.74. The monoisotopic (exact) mass is 852 g/mol. The lowest BCUT2D eigenvalue weighted by Gasteiger charge is -2.20. The van der Waals surface area contributed by atoms with Crippen LogP contribution in [0.15, 0.2) is 60.8 Å². The van der Waals surface area contributed by atoms with E-state index in [1.165, 1.54) is 89.9 Å². The van der Waals surface area contributed by atoms with Gasteiger partial charge in [-0.2, -0.15) is 0 Å². The fourth-order valence-corrected chi connectivity index (χ4v) is 7.00. The van der Waals surface area contributed by atoms with E-state index in [9.17, 15) is 19.0 Å². The zero-order chi connectivity index (χ0) is 43.3. The number of phosphoric ester groups is 1. The van der Waals surface area contributed by atoms with Gasteiger partial charge in [0.1, 0.15) is 12.1 Å². The summed E-state index contributed by atoms with van der Waals surface area (Å²) in [5, 5.41) is 8.91. The minimum absolute atomic E-state index is 0.00643. The van der Waals surface area contributed by atoms with Gasteiger partial charge in [-0.1, -0.05) is 190 Å². The standard InChI is InChI=1S/C48H86NO9P/c1-3-5-7-9-11-13-15-17-19-20-21-22-23-24-25-27-29-31-33-35-37-39-41-55-42-45(43-56-59(53,54)57-44-46(49)48(51)52)58-47(50)40-38-36-34-32-30-28-26-18-16-14-12-10-8-6-4-2/h5,7,11,13,17,19,21-22,24-25,45-46H,3-4,6,8-10,12,14-16,18,20,23,26-44,49H2,1-2H3,(H,51,52)(H,53,54)/b7-5-,13-11-,19-17-,22-21-,25-24-. The van der Waals surface area contributed by atoms with E-state index < -0.39 is 45.1 Å². The van der Waals surface area contributed by atoms with Crippen LogP contribution in [0.5, 0.6) is 0 Å². The first-order valence-electron chi connectivity index (χ1n) is 23.3. The molecule has 0 saturated heterocycles.